The molecule has 0 spiro atoms. The van der Waals surface area contributed by atoms with E-state index in [1.165, 1.54) is 12.1 Å². The summed E-state index contributed by atoms with van der Waals surface area (Å²) in [5, 5.41) is 2.78. The van der Waals surface area contributed by atoms with Gasteiger partial charge in [0.15, 0.2) is 0 Å². The van der Waals surface area contributed by atoms with Gasteiger partial charge in [-0.25, -0.2) is 12.7 Å². The Morgan fingerprint density at radius 3 is 2.52 bits per heavy atom. The second-order valence-electron chi connectivity index (χ2n) is 6.36. The molecule has 2 amide bonds. The number of amides is 2. The average Bonchev–Trinajstić information content (AvgIpc) is 2.87. The number of carbonyl (C=O) groups excluding carboxylic acids is 2. The molecule has 1 N–H and O–H groups in total. The molecule has 2 aromatic rings. The molecule has 8 heteroatoms. The first-order valence-corrected chi connectivity index (χ1v) is 10.0. The lowest BCUT2D eigenvalue weighted by Gasteiger charge is -2.16. The van der Waals surface area contributed by atoms with E-state index in [4.69, 9.17) is 4.74 Å². The van der Waals surface area contributed by atoms with E-state index in [1.54, 1.807) is 38.3 Å². The SMILES string of the molecule is COc1ccc(CNC(=O)c2cccc(N3C(=O)[C@@H](C)CS3(=O)=O)c2)cc1. The van der Waals surface area contributed by atoms with Crippen molar-refractivity contribution in [1.82, 2.24) is 5.32 Å². The van der Waals surface area contributed by atoms with Crippen LogP contribution >= 0.6 is 0 Å². The predicted octanol–water partition coefficient (Wildman–Crippen LogP) is 1.94. The maximum Gasteiger partial charge on any atom is 0.251 e. The number of carbonyl (C=O) groups is 2. The molecule has 1 aliphatic rings. The van der Waals surface area contributed by atoms with Gasteiger partial charge in [0, 0.05) is 12.1 Å². The van der Waals surface area contributed by atoms with Gasteiger partial charge in [0.1, 0.15) is 5.75 Å². The summed E-state index contributed by atoms with van der Waals surface area (Å²) < 4.78 is 30.3. The number of rotatable bonds is 5. The van der Waals surface area contributed by atoms with E-state index in [1.807, 2.05) is 12.1 Å². The predicted molar refractivity (Wildman–Crippen MR) is 101 cm³/mol. The van der Waals surface area contributed by atoms with Crippen LogP contribution in [0.5, 0.6) is 5.75 Å². The fraction of sp³-hybridized carbons (Fsp3) is 0.263. The number of nitrogens with zero attached hydrogens (tertiary/aromatic N) is 1. The molecule has 1 heterocycles. The minimum absolute atomic E-state index is 0.182. The summed E-state index contributed by atoms with van der Waals surface area (Å²) in [7, 11) is -2.12. The van der Waals surface area contributed by atoms with E-state index in [2.05, 4.69) is 5.32 Å². The van der Waals surface area contributed by atoms with Crippen molar-refractivity contribution in [3.63, 3.8) is 0 Å². The lowest BCUT2D eigenvalue weighted by atomic mass is 10.1. The van der Waals surface area contributed by atoms with Gasteiger partial charge in [-0.15, -0.1) is 0 Å². The molecule has 0 bridgehead atoms. The van der Waals surface area contributed by atoms with Gasteiger partial charge in [-0.2, -0.15) is 0 Å². The molecule has 0 radical (unpaired) electrons. The third-order valence-electron chi connectivity index (χ3n) is 4.32. The Hall–Kier alpha value is -2.87. The Labute approximate surface area is 158 Å². The Bertz CT molecular complexity index is 970. The Morgan fingerprint density at radius 2 is 1.93 bits per heavy atom. The van der Waals surface area contributed by atoms with Gasteiger partial charge in [-0.1, -0.05) is 25.1 Å². The highest BCUT2D eigenvalue weighted by atomic mass is 32.2. The van der Waals surface area contributed by atoms with Gasteiger partial charge in [0.25, 0.3) is 5.91 Å². The molecule has 0 aromatic heterocycles. The monoisotopic (exact) mass is 388 g/mol. The smallest absolute Gasteiger partial charge is 0.251 e. The third-order valence-corrected chi connectivity index (χ3v) is 6.18. The average molecular weight is 388 g/mol. The molecule has 3 rings (SSSR count). The zero-order valence-electron chi connectivity index (χ0n) is 15.0. The second-order valence-corrected chi connectivity index (χ2v) is 8.23. The maximum atomic E-state index is 12.4. The van der Waals surface area contributed by atoms with E-state index >= 15 is 0 Å². The van der Waals surface area contributed by atoms with Gasteiger partial charge >= 0.3 is 0 Å². The zero-order valence-corrected chi connectivity index (χ0v) is 15.8. The van der Waals surface area contributed by atoms with Crippen LogP contribution in [0.25, 0.3) is 0 Å². The molecule has 27 heavy (non-hydrogen) atoms. The third kappa shape index (κ3) is 3.95. The first-order chi connectivity index (χ1) is 12.8. The van der Waals surface area contributed by atoms with Crippen LogP contribution in [0.15, 0.2) is 48.5 Å². The van der Waals surface area contributed by atoms with E-state index in [0.29, 0.717) is 6.54 Å². The van der Waals surface area contributed by atoms with Crippen LogP contribution in [-0.2, 0) is 21.4 Å². The Morgan fingerprint density at radius 1 is 1.22 bits per heavy atom. The number of anilines is 1. The molecule has 0 aliphatic carbocycles. The van der Waals surface area contributed by atoms with E-state index < -0.39 is 21.8 Å². The fourth-order valence-electron chi connectivity index (χ4n) is 2.89. The van der Waals surface area contributed by atoms with Crippen molar-refractivity contribution < 1.29 is 22.7 Å². The largest absolute Gasteiger partial charge is 0.497 e. The van der Waals surface area contributed by atoms with Crippen molar-refractivity contribution in [2.45, 2.75) is 13.5 Å². The summed E-state index contributed by atoms with van der Waals surface area (Å²) in [6.45, 7) is 1.89. The molecule has 0 unspecified atom stereocenters. The number of sulfonamides is 1. The topological polar surface area (TPSA) is 92.8 Å². The quantitative estimate of drug-likeness (QED) is 0.845. The van der Waals surface area contributed by atoms with Gasteiger partial charge in [0.05, 0.1) is 24.5 Å². The van der Waals surface area contributed by atoms with Crippen molar-refractivity contribution in [2.75, 3.05) is 17.2 Å². The number of benzene rings is 2. The first-order valence-electron chi connectivity index (χ1n) is 8.40. The minimum atomic E-state index is -3.70. The Kier molecular flexibility index (Phi) is 5.18. The fourth-order valence-corrected chi connectivity index (χ4v) is 4.70. The summed E-state index contributed by atoms with van der Waals surface area (Å²) in [5.41, 5.74) is 1.36. The molecule has 0 saturated carbocycles. The lowest BCUT2D eigenvalue weighted by Crippen LogP contribution is -2.30. The van der Waals surface area contributed by atoms with Crippen LogP contribution in [0, 0.1) is 5.92 Å². The molecular weight excluding hydrogens is 368 g/mol. The normalized spacial score (nSPS) is 18.4. The molecule has 142 valence electrons. The van der Waals surface area contributed by atoms with Crippen molar-refractivity contribution in [3.05, 3.63) is 59.7 Å². The second kappa shape index (κ2) is 7.40. The molecule has 1 saturated heterocycles. The van der Waals surface area contributed by atoms with Crippen LogP contribution < -0.4 is 14.4 Å². The van der Waals surface area contributed by atoms with Crippen molar-refractivity contribution in [2.24, 2.45) is 5.92 Å². The highest BCUT2D eigenvalue weighted by Crippen LogP contribution is 2.28. The van der Waals surface area contributed by atoms with Crippen molar-refractivity contribution in [1.29, 1.82) is 0 Å². The lowest BCUT2D eigenvalue weighted by molar-refractivity contribution is -0.119. The van der Waals surface area contributed by atoms with Crippen LogP contribution in [0.3, 0.4) is 0 Å². The highest BCUT2D eigenvalue weighted by molar-refractivity contribution is 7.94. The van der Waals surface area contributed by atoms with Crippen LogP contribution in [-0.4, -0.2) is 33.1 Å². The first kappa shape index (κ1) is 18.9. The van der Waals surface area contributed by atoms with Crippen LogP contribution in [0.2, 0.25) is 0 Å². The zero-order chi connectivity index (χ0) is 19.6. The summed E-state index contributed by atoms with van der Waals surface area (Å²) in [6, 6.07) is 13.3. The van der Waals surface area contributed by atoms with Gasteiger partial charge < -0.3 is 10.1 Å². The summed E-state index contributed by atoms with van der Waals surface area (Å²) in [5.74, 6) is -0.929. The maximum absolute atomic E-state index is 12.4. The van der Waals surface area contributed by atoms with Crippen LogP contribution in [0.1, 0.15) is 22.8 Å². The molecule has 1 aliphatic heterocycles. The number of hydrogen-bond acceptors (Lipinski definition) is 5. The number of ether oxygens (including phenoxy) is 1. The van der Waals surface area contributed by atoms with Crippen molar-refractivity contribution in [3.8, 4) is 5.75 Å². The number of nitrogens with one attached hydrogen (secondary N) is 1. The van der Waals surface area contributed by atoms with Gasteiger partial charge in [-0.3, -0.25) is 9.59 Å². The van der Waals surface area contributed by atoms with E-state index in [0.717, 1.165) is 15.6 Å². The molecular formula is C19H20N2O5S. The number of methoxy groups -OCH3 is 1. The van der Waals surface area contributed by atoms with Crippen molar-refractivity contribution >= 4 is 27.5 Å². The molecule has 1 atom stereocenters. The minimum Gasteiger partial charge on any atom is -0.497 e. The standard InChI is InChI=1S/C19H20N2O5S/c1-13-12-27(24,25)21(19(13)23)16-5-3-4-15(10-16)18(22)20-11-14-6-8-17(26-2)9-7-14/h3-10,13H,11-12H2,1-2H3,(H,20,22)/t13-/m0/s1. The summed E-state index contributed by atoms with van der Waals surface area (Å²) in [4.78, 5) is 24.6. The summed E-state index contributed by atoms with van der Waals surface area (Å²) in [6.07, 6.45) is 0. The highest BCUT2D eigenvalue weighted by Gasteiger charge is 2.42. The Balaban J connectivity index is 1.75. The molecule has 7 nitrogen and oxygen atoms in total. The number of hydrogen-bond donors (Lipinski definition) is 1. The van der Waals surface area contributed by atoms with Gasteiger partial charge in [0.2, 0.25) is 15.9 Å². The molecule has 1 fully saturated rings. The van der Waals surface area contributed by atoms with E-state index in [-0.39, 0.29) is 22.9 Å². The van der Waals surface area contributed by atoms with Crippen LogP contribution in [0.4, 0.5) is 5.69 Å². The summed E-state index contributed by atoms with van der Waals surface area (Å²) >= 11 is 0. The molecule has 2 aromatic carbocycles. The van der Waals surface area contributed by atoms with E-state index in [9.17, 15) is 18.0 Å². The van der Waals surface area contributed by atoms with Gasteiger partial charge in [-0.05, 0) is 35.9 Å².